The van der Waals surface area contributed by atoms with Crippen LogP contribution in [0.15, 0.2) is 29.6 Å². The summed E-state index contributed by atoms with van der Waals surface area (Å²) in [6.07, 6.45) is 0. The third-order valence-electron chi connectivity index (χ3n) is 2.30. The molecule has 0 aliphatic heterocycles. The normalized spacial score (nSPS) is 9.84. The topological polar surface area (TPSA) is 29.5 Å². The average molecular weight is 313 g/mol. The van der Waals surface area contributed by atoms with Crippen molar-refractivity contribution < 1.29 is 9.84 Å². The number of aliphatic hydroxyl groups excluding tert-OH is 1. The number of thiophene rings is 1. The molecule has 0 amide bonds. The van der Waals surface area contributed by atoms with E-state index in [0.29, 0.717) is 22.4 Å². The first-order valence-corrected chi connectivity index (χ1v) is 7.08. The van der Waals surface area contributed by atoms with Crippen LogP contribution in [-0.4, -0.2) is 11.7 Å². The first-order valence-electron chi connectivity index (χ1n) is 5.44. The molecule has 0 radical (unpaired) electrons. The zero-order valence-corrected chi connectivity index (χ0v) is 12.1. The molecule has 0 fully saturated rings. The lowest BCUT2D eigenvalue weighted by Crippen LogP contribution is -1.95. The average Bonchev–Trinajstić information content (AvgIpc) is 2.85. The van der Waals surface area contributed by atoms with Gasteiger partial charge in [0, 0.05) is 16.7 Å². The minimum atomic E-state index is -0.156. The van der Waals surface area contributed by atoms with Crippen LogP contribution in [0.25, 0.3) is 0 Å². The summed E-state index contributed by atoms with van der Waals surface area (Å²) < 4.78 is 5.65. The Kier molecular flexibility index (Phi) is 5.12. The highest BCUT2D eigenvalue weighted by atomic mass is 35.5. The molecule has 1 N–H and O–H groups in total. The van der Waals surface area contributed by atoms with Gasteiger partial charge in [-0.1, -0.05) is 35.0 Å². The van der Waals surface area contributed by atoms with Crippen LogP contribution in [0.4, 0.5) is 0 Å². The molecule has 0 saturated carbocycles. The van der Waals surface area contributed by atoms with E-state index in [1.807, 2.05) is 11.4 Å². The second kappa shape index (κ2) is 6.83. The van der Waals surface area contributed by atoms with Gasteiger partial charge >= 0.3 is 0 Å². The molecule has 0 saturated heterocycles. The molecule has 0 unspecified atom stereocenters. The molecule has 2 nitrogen and oxygen atoms in total. The Morgan fingerprint density at radius 1 is 1.26 bits per heavy atom. The van der Waals surface area contributed by atoms with E-state index in [9.17, 15) is 0 Å². The predicted octanol–water partition coefficient (Wildman–Crippen LogP) is 3.98. The Hall–Kier alpha value is -1.18. The van der Waals surface area contributed by atoms with Gasteiger partial charge in [-0.25, -0.2) is 0 Å². The standard InChI is InChI=1S/C14H10Cl2O2S/c15-11-3-4-12(16)13(8-11)18-9-14-10(2-1-6-17)5-7-19-14/h3-5,7-8,17H,6,9H2. The van der Waals surface area contributed by atoms with Crippen molar-refractivity contribution in [3.63, 3.8) is 0 Å². The van der Waals surface area contributed by atoms with Crippen molar-refractivity contribution in [2.75, 3.05) is 6.61 Å². The maximum atomic E-state index is 8.70. The lowest BCUT2D eigenvalue weighted by molar-refractivity contribution is 0.310. The highest BCUT2D eigenvalue weighted by Gasteiger charge is 2.06. The fourth-order valence-corrected chi connectivity index (χ4v) is 2.51. The second-order valence-corrected chi connectivity index (χ2v) is 5.43. The van der Waals surface area contributed by atoms with Crippen molar-refractivity contribution >= 4 is 34.5 Å². The molecule has 98 valence electrons. The molecule has 1 aromatic carbocycles. The van der Waals surface area contributed by atoms with Crippen LogP contribution in [0.3, 0.4) is 0 Å². The minimum absolute atomic E-state index is 0.156. The Morgan fingerprint density at radius 3 is 2.89 bits per heavy atom. The van der Waals surface area contributed by atoms with Crippen LogP contribution >= 0.6 is 34.5 Å². The van der Waals surface area contributed by atoms with E-state index in [0.717, 1.165) is 10.4 Å². The third kappa shape index (κ3) is 3.89. The van der Waals surface area contributed by atoms with E-state index in [1.165, 1.54) is 0 Å². The monoisotopic (exact) mass is 312 g/mol. The van der Waals surface area contributed by atoms with Crippen molar-refractivity contribution in [3.8, 4) is 17.6 Å². The van der Waals surface area contributed by atoms with Gasteiger partial charge in [0.25, 0.3) is 0 Å². The largest absolute Gasteiger partial charge is 0.486 e. The SMILES string of the molecule is OCC#Cc1ccsc1COc1cc(Cl)ccc1Cl. The Labute approximate surface area is 125 Å². The van der Waals surface area contributed by atoms with Crippen LogP contribution in [-0.2, 0) is 6.61 Å². The van der Waals surface area contributed by atoms with Gasteiger partial charge in [-0.3, -0.25) is 0 Å². The minimum Gasteiger partial charge on any atom is -0.486 e. The summed E-state index contributed by atoms with van der Waals surface area (Å²) in [5, 5.41) is 11.7. The summed E-state index contributed by atoms with van der Waals surface area (Å²) in [4.78, 5) is 0.983. The number of rotatable bonds is 3. The molecule has 0 aliphatic rings. The molecule has 19 heavy (non-hydrogen) atoms. The van der Waals surface area contributed by atoms with Crippen LogP contribution in [0.1, 0.15) is 10.4 Å². The fourth-order valence-electron chi connectivity index (χ4n) is 1.43. The highest BCUT2D eigenvalue weighted by Crippen LogP contribution is 2.29. The van der Waals surface area contributed by atoms with Gasteiger partial charge in [0.15, 0.2) is 0 Å². The predicted molar refractivity (Wildman–Crippen MR) is 79.1 cm³/mol. The molecule has 1 heterocycles. The van der Waals surface area contributed by atoms with Crippen LogP contribution in [0.5, 0.6) is 5.75 Å². The Balaban J connectivity index is 2.10. The van der Waals surface area contributed by atoms with Gasteiger partial charge in [0.05, 0.1) is 9.90 Å². The summed E-state index contributed by atoms with van der Waals surface area (Å²) in [6.45, 7) is 0.212. The van der Waals surface area contributed by atoms with E-state index in [2.05, 4.69) is 11.8 Å². The van der Waals surface area contributed by atoms with Gasteiger partial charge in [0.2, 0.25) is 0 Å². The molecular weight excluding hydrogens is 303 g/mol. The van der Waals surface area contributed by atoms with Gasteiger partial charge < -0.3 is 9.84 Å². The molecule has 0 spiro atoms. The Morgan fingerprint density at radius 2 is 2.11 bits per heavy atom. The summed E-state index contributed by atoms with van der Waals surface area (Å²) in [5.74, 6) is 6.04. The second-order valence-electron chi connectivity index (χ2n) is 3.58. The number of hydrogen-bond donors (Lipinski definition) is 1. The van der Waals surface area contributed by atoms with E-state index in [4.69, 9.17) is 33.0 Å². The van der Waals surface area contributed by atoms with Gasteiger partial charge in [-0.15, -0.1) is 11.3 Å². The molecular formula is C14H10Cl2O2S. The summed E-state index contributed by atoms with van der Waals surface area (Å²) in [6, 6.07) is 6.97. The van der Waals surface area contributed by atoms with Crippen LogP contribution in [0.2, 0.25) is 10.0 Å². The number of ether oxygens (including phenoxy) is 1. The number of hydrogen-bond acceptors (Lipinski definition) is 3. The maximum Gasteiger partial charge on any atom is 0.139 e. The molecule has 0 bridgehead atoms. The van der Waals surface area contributed by atoms with Gasteiger partial charge in [0.1, 0.15) is 19.0 Å². The zero-order valence-electron chi connectivity index (χ0n) is 9.82. The molecule has 1 aromatic heterocycles. The van der Waals surface area contributed by atoms with E-state index < -0.39 is 0 Å². The molecule has 5 heteroatoms. The van der Waals surface area contributed by atoms with Crippen molar-refractivity contribution in [3.05, 3.63) is 50.1 Å². The Bertz CT molecular complexity index is 626. The maximum absolute atomic E-state index is 8.70. The number of aliphatic hydroxyl groups is 1. The molecule has 0 aliphatic carbocycles. The summed E-state index contributed by atoms with van der Waals surface area (Å²) in [5.41, 5.74) is 0.859. The van der Waals surface area contributed by atoms with E-state index in [-0.39, 0.29) is 6.61 Å². The van der Waals surface area contributed by atoms with E-state index >= 15 is 0 Å². The summed E-state index contributed by atoms with van der Waals surface area (Å²) >= 11 is 13.5. The highest BCUT2D eigenvalue weighted by molar-refractivity contribution is 7.10. The fraction of sp³-hybridized carbons (Fsp3) is 0.143. The first kappa shape index (κ1) is 14.2. The first-order chi connectivity index (χ1) is 9.20. The van der Waals surface area contributed by atoms with Crippen molar-refractivity contribution in [1.29, 1.82) is 0 Å². The molecule has 2 rings (SSSR count). The van der Waals surface area contributed by atoms with Crippen molar-refractivity contribution in [2.24, 2.45) is 0 Å². The number of benzene rings is 1. The molecule has 0 atom stereocenters. The van der Waals surface area contributed by atoms with Gasteiger partial charge in [-0.05, 0) is 23.6 Å². The zero-order chi connectivity index (χ0) is 13.7. The smallest absolute Gasteiger partial charge is 0.139 e. The summed E-state index contributed by atoms with van der Waals surface area (Å²) in [7, 11) is 0. The van der Waals surface area contributed by atoms with Crippen LogP contribution < -0.4 is 4.74 Å². The van der Waals surface area contributed by atoms with Crippen molar-refractivity contribution in [2.45, 2.75) is 6.61 Å². The van der Waals surface area contributed by atoms with Crippen LogP contribution in [0, 0.1) is 11.8 Å². The van der Waals surface area contributed by atoms with Gasteiger partial charge in [-0.2, -0.15) is 0 Å². The van der Waals surface area contributed by atoms with E-state index in [1.54, 1.807) is 29.5 Å². The molecule has 2 aromatic rings. The third-order valence-corrected chi connectivity index (χ3v) is 3.74. The lowest BCUT2D eigenvalue weighted by atomic mass is 10.2. The lowest BCUT2D eigenvalue weighted by Gasteiger charge is -2.07. The van der Waals surface area contributed by atoms with Crippen molar-refractivity contribution in [1.82, 2.24) is 0 Å². The number of halogens is 2. The quantitative estimate of drug-likeness (QED) is 0.869.